The van der Waals surface area contributed by atoms with Crippen LogP contribution >= 0.6 is 11.8 Å². The van der Waals surface area contributed by atoms with Crippen molar-refractivity contribution in [3.05, 3.63) is 18.0 Å². The summed E-state index contributed by atoms with van der Waals surface area (Å²) in [4.78, 5) is 7.22. The first-order valence-corrected chi connectivity index (χ1v) is 6.15. The lowest BCUT2D eigenvalue weighted by atomic mass is 9.90. The number of nitrogens with zero attached hydrogens (tertiary/aromatic N) is 2. The summed E-state index contributed by atoms with van der Waals surface area (Å²) >= 11 is 1.10. The normalized spacial score (nSPS) is 18.4. The van der Waals surface area contributed by atoms with E-state index in [9.17, 15) is 18.3 Å². The summed E-state index contributed by atoms with van der Waals surface area (Å²) in [6, 6.07) is 0.832. The monoisotopic (exact) mass is 280 g/mol. The van der Waals surface area contributed by atoms with Crippen LogP contribution in [0.2, 0.25) is 0 Å². The number of rotatable bonds is 4. The molecule has 1 N–H and O–H groups in total. The van der Waals surface area contributed by atoms with Crippen molar-refractivity contribution in [1.29, 1.82) is 0 Å². The fourth-order valence-electron chi connectivity index (χ4n) is 1.40. The predicted octanol–water partition coefficient (Wildman–Crippen LogP) is 1.60. The zero-order chi connectivity index (χ0) is 13.2. The van der Waals surface area contributed by atoms with Gasteiger partial charge in [0.15, 0.2) is 5.16 Å². The first-order chi connectivity index (χ1) is 8.45. The fourth-order valence-corrected chi connectivity index (χ4v) is 2.39. The highest BCUT2D eigenvalue weighted by Crippen LogP contribution is 2.34. The molecule has 0 saturated carbocycles. The Labute approximate surface area is 106 Å². The molecule has 0 amide bonds. The van der Waals surface area contributed by atoms with Gasteiger partial charge in [-0.05, 0) is 6.07 Å². The van der Waals surface area contributed by atoms with Gasteiger partial charge in [0.1, 0.15) is 5.69 Å². The van der Waals surface area contributed by atoms with Crippen LogP contribution in [0.15, 0.2) is 17.4 Å². The van der Waals surface area contributed by atoms with Gasteiger partial charge >= 0.3 is 6.18 Å². The van der Waals surface area contributed by atoms with Crippen molar-refractivity contribution in [2.75, 3.05) is 25.6 Å². The van der Waals surface area contributed by atoms with E-state index in [1.807, 2.05) is 0 Å². The summed E-state index contributed by atoms with van der Waals surface area (Å²) in [6.07, 6.45) is -3.38. The Balaban J connectivity index is 2.01. The molecule has 0 aliphatic carbocycles. The first kappa shape index (κ1) is 13.6. The Morgan fingerprint density at radius 2 is 2.17 bits per heavy atom. The van der Waals surface area contributed by atoms with Gasteiger partial charge in [0.2, 0.25) is 0 Å². The lowest BCUT2D eigenvalue weighted by Gasteiger charge is -2.39. The Hall–Kier alpha value is -0.860. The van der Waals surface area contributed by atoms with E-state index in [0.29, 0.717) is 19.0 Å². The number of aliphatic hydroxyl groups is 1. The molecule has 2 rings (SSSR count). The molecule has 1 aliphatic heterocycles. The molecule has 2 heterocycles. The van der Waals surface area contributed by atoms with Crippen molar-refractivity contribution >= 4 is 11.8 Å². The molecule has 18 heavy (non-hydrogen) atoms. The third-order valence-corrected chi connectivity index (χ3v) is 3.79. The average Bonchev–Trinajstić information content (AvgIpc) is 2.27. The largest absolute Gasteiger partial charge is 0.433 e. The van der Waals surface area contributed by atoms with Crippen molar-refractivity contribution < 1.29 is 23.0 Å². The molecule has 4 nitrogen and oxygen atoms in total. The van der Waals surface area contributed by atoms with E-state index in [-0.39, 0.29) is 17.2 Å². The van der Waals surface area contributed by atoms with E-state index in [1.54, 1.807) is 0 Å². The van der Waals surface area contributed by atoms with Crippen molar-refractivity contribution in [3.8, 4) is 0 Å². The standard InChI is InChI=1S/C10H11F3N2O2S/c11-10(12,13)7-1-2-14-8(15-7)18-6-9(3-16)4-17-5-9/h1-2,16H,3-6H2. The molecule has 100 valence electrons. The van der Waals surface area contributed by atoms with E-state index >= 15 is 0 Å². The van der Waals surface area contributed by atoms with Gasteiger partial charge in [-0.1, -0.05) is 11.8 Å². The van der Waals surface area contributed by atoms with Crippen LogP contribution in [0.25, 0.3) is 0 Å². The van der Waals surface area contributed by atoms with Crippen LogP contribution in [0, 0.1) is 5.41 Å². The lowest BCUT2D eigenvalue weighted by molar-refractivity contribution is -0.141. The van der Waals surface area contributed by atoms with Crippen molar-refractivity contribution in [2.45, 2.75) is 11.3 Å². The zero-order valence-electron chi connectivity index (χ0n) is 9.28. The Kier molecular flexibility index (Phi) is 3.79. The van der Waals surface area contributed by atoms with Gasteiger partial charge in [-0.25, -0.2) is 9.97 Å². The summed E-state index contributed by atoms with van der Waals surface area (Å²) in [5.74, 6) is 0.435. The van der Waals surface area contributed by atoms with Crippen LogP contribution in [-0.4, -0.2) is 40.6 Å². The SMILES string of the molecule is OCC1(CSc2nccc(C(F)(F)F)n2)COC1. The van der Waals surface area contributed by atoms with Crippen LogP contribution in [0.1, 0.15) is 5.69 Å². The van der Waals surface area contributed by atoms with Crippen molar-refractivity contribution in [3.63, 3.8) is 0 Å². The van der Waals surface area contributed by atoms with E-state index in [4.69, 9.17) is 4.74 Å². The van der Waals surface area contributed by atoms with Gasteiger partial charge in [0, 0.05) is 17.4 Å². The molecule has 1 saturated heterocycles. The number of aromatic nitrogens is 2. The van der Waals surface area contributed by atoms with Gasteiger partial charge < -0.3 is 9.84 Å². The average molecular weight is 280 g/mol. The molecule has 1 fully saturated rings. The smallest absolute Gasteiger partial charge is 0.396 e. The molecule has 0 spiro atoms. The lowest BCUT2D eigenvalue weighted by Crippen LogP contribution is -2.47. The van der Waals surface area contributed by atoms with Gasteiger partial charge in [-0.3, -0.25) is 0 Å². The highest BCUT2D eigenvalue weighted by molar-refractivity contribution is 7.99. The Morgan fingerprint density at radius 1 is 1.44 bits per heavy atom. The molecule has 1 aromatic heterocycles. The van der Waals surface area contributed by atoms with E-state index in [2.05, 4.69) is 9.97 Å². The molecule has 8 heteroatoms. The van der Waals surface area contributed by atoms with E-state index in [0.717, 1.165) is 24.0 Å². The van der Waals surface area contributed by atoms with E-state index < -0.39 is 11.9 Å². The quantitative estimate of drug-likeness (QED) is 0.670. The van der Waals surface area contributed by atoms with E-state index in [1.165, 1.54) is 0 Å². The van der Waals surface area contributed by atoms with Crippen molar-refractivity contribution in [1.82, 2.24) is 9.97 Å². The highest BCUT2D eigenvalue weighted by Gasteiger charge is 2.38. The maximum atomic E-state index is 12.4. The van der Waals surface area contributed by atoms with Gasteiger partial charge in [0.25, 0.3) is 0 Å². The number of thioether (sulfide) groups is 1. The number of hydrogen-bond acceptors (Lipinski definition) is 5. The van der Waals surface area contributed by atoms with Crippen molar-refractivity contribution in [2.24, 2.45) is 5.41 Å². The summed E-state index contributed by atoms with van der Waals surface area (Å²) in [6.45, 7) is 0.768. The second-order valence-corrected chi connectivity index (χ2v) is 5.10. The summed E-state index contributed by atoms with van der Waals surface area (Å²) in [5, 5.41) is 9.24. The van der Waals surface area contributed by atoms with Crippen LogP contribution in [-0.2, 0) is 10.9 Å². The molecule has 0 atom stereocenters. The summed E-state index contributed by atoms with van der Waals surface area (Å²) in [7, 11) is 0. The molecule has 0 bridgehead atoms. The molecule has 1 aliphatic rings. The second kappa shape index (κ2) is 5.02. The third-order valence-electron chi connectivity index (χ3n) is 2.58. The molecular formula is C10H11F3N2O2S. The molecule has 1 aromatic rings. The minimum absolute atomic E-state index is 0.0566. The van der Waals surface area contributed by atoms with Gasteiger partial charge in [-0.15, -0.1) is 0 Å². The molecule has 0 unspecified atom stereocenters. The Bertz CT molecular complexity index is 418. The number of alkyl halides is 3. The minimum atomic E-state index is -4.47. The number of halogens is 3. The molecule has 0 radical (unpaired) electrons. The number of aliphatic hydroxyl groups excluding tert-OH is 1. The maximum absolute atomic E-state index is 12.4. The van der Waals surface area contributed by atoms with Crippen LogP contribution in [0.5, 0.6) is 0 Å². The van der Waals surface area contributed by atoms with Crippen LogP contribution in [0.4, 0.5) is 13.2 Å². The Morgan fingerprint density at radius 3 is 2.67 bits per heavy atom. The first-order valence-electron chi connectivity index (χ1n) is 5.17. The second-order valence-electron chi connectivity index (χ2n) is 4.16. The van der Waals surface area contributed by atoms with Gasteiger partial charge in [0.05, 0.1) is 19.8 Å². The number of hydrogen-bond donors (Lipinski definition) is 1. The van der Waals surface area contributed by atoms with Crippen LogP contribution in [0.3, 0.4) is 0 Å². The van der Waals surface area contributed by atoms with Crippen LogP contribution < -0.4 is 0 Å². The number of ether oxygens (including phenoxy) is 1. The topological polar surface area (TPSA) is 55.2 Å². The zero-order valence-corrected chi connectivity index (χ0v) is 10.1. The molecule has 0 aromatic carbocycles. The minimum Gasteiger partial charge on any atom is -0.396 e. The fraction of sp³-hybridized carbons (Fsp3) is 0.600. The van der Waals surface area contributed by atoms with Gasteiger partial charge in [-0.2, -0.15) is 13.2 Å². The summed E-state index contributed by atoms with van der Waals surface area (Å²) < 4.78 is 42.3. The summed E-state index contributed by atoms with van der Waals surface area (Å²) in [5.41, 5.74) is -1.33. The maximum Gasteiger partial charge on any atom is 0.433 e. The molecular weight excluding hydrogens is 269 g/mol. The predicted molar refractivity (Wildman–Crippen MR) is 58.1 cm³/mol. The third kappa shape index (κ3) is 2.93. The highest BCUT2D eigenvalue weighted by atomic mass is 32.2.